The molecule has 0 saturated carbocycles. The Morgan fingerprint density at radius 1 is 1.44 bits per heavy atom. The third-order valence-electron chi connectivity index (χ3n) is 2.27. The van der Waals surface area contributed by atoms with Gasteiger partial charge in [0.2, 0.25) is 5.91 Å². The second-order valence-corrected chi connectivity index (χ2v) is 3.67. The van der Waals surface area contributed by atoms with Crippen LogP contribution < -0.4 is 10.2 Å². The van der Waals surface area contributed by atoms with Crippen LogP contribution in [0.3, 0.4) is 0 Å². The Balaban J connectivity index is 2.47. The fourth-order valence-corrected chi connectivity index (χ4v) is 1.80. The number of carbonyl (C=O) groups is 2. The minimum atomic E-state index is -0.279. The van der Waals surface area contributed by atoms with Gasteiger partial charge in [0.25, 0.3) is 0 Å². The predicted octanol–water partition coefficient (Wildman–Crippen LogP) is 0.477. The highest BCUT2D eigenvalue weighted by molar-refractivity contribution is 6.34. The summed E-state index contributed by atoms with van der Waals surface area (Å²) in [5.41, 5.74) is 0.363. The summed E-state index contributed by atoms with van der Waals surface area (Å²) in [5.74, 6) is 0.0215. The van der Waals surface area contributed by atoms with E-state index in [1.165, 1.54) is 11.2 Å². The van der Waals surface area contributed by atoms with Crippen molar-refractivity contribution in [1.82, 2.24) is 9.97 Å². The van der Waals surface area contributed by atoms with Crippen LogP contribution in [0.15, 0.2) is 6.33 Å². The number of hydrogen-bond acceptors (Lipinski definition) is 5. The van der Waals surface area contributed by atoms with Crippen LogP contribution in [0.2, 0.25) is 5.15 Å². The van der Waals surface area contributed by atoms with Gasteiger partial charge < -0.3 is 5.32 Å². The van der Waals surface area contributed by atoms with E-state index in [1.54, 1.807) is 7.05 Å². The fourth-order valence-electron chi connectivity index (χ4n) is 1.57. The highest BCUT2D eigenvalue weighted by atomic mass is 35.5. The van der Waals surface area contributed by atoms with E-state index in [1.807, 2.05) is 0 Å². The zero-order valence-corrected chi connectivity index (χ0v) is 9.28. The van der Waals surface area contributed by atoms with Crippen molar-refractivity contribution in [3.05, 3.63) is 11.5 Å². The molecule has 1 amide bonds. The van der Waals surface area contributed by atoms with E-state index in [9.17, 15) is 9.59 Å². The maximum Gasteiger partial charge on any atom is 0.235 e. The van der Waals surface area contributed by atoms with E-state index in [0.29, 0.717) is 11.5 Å². The number of nitrogens with zero attached hydrogens (tertiary/aromatic N) is 3. The van der Waals surface area contributed by atoms with Crippen molar-refractivity contribution in [1.29, 1.82) is 0 Å². The number of halogens is 1. The van der Waals surface area contributed by atoms with Gasteiger partial charge >= 0.3 is 0 Å². The Hall–Kier alpha value is -1.69. The number of nitrogens with one attached hydrogen (secondary N) is 1. The molecule has 1 N–H and O–H groups in total. The fraction of sp³-hybridized carbons (Fsp3) is 0.333. The number of aromatic nitrogens is 2. The Bertz CT molecular complexity index is 463. The summed E-state index contributed by atoms with van der Waals surface area (Å²) in [6.07, 6.45) is 1.20. The van der Waals surface area contributed by atoms with Gasteiger partial charge in [0, 0.05) is 7.05 Å². The van der Waals surface area contributed by atoms with Crippen molar-refractivity contribution in [3.8, 4) is 0 Å². The van der Waals surface area contributed by atoms with Gasteiger partial charge in [-0.2, -0.15) is 0 Å². The molecule has 1 aromatic heterocycles. The van der Waals surface area contributed by atoms with Crippen molar-refractivity contribution in [2.24, 2.45) is 0 Å². The molecule has 0 spiro atoms. The molecular weight excluding hydrogens is 232 g/mol. The number of ketones is 1. The maximum absolute atomic E-state index is 11.6. The summed E-state index contributed by atoms with van der Waals surface area (Å²) in [5, 5.41) is 2.96. The molecule has 1 saturated heterocycles. The second kappa shape index (κ2) is 4.05. The molecule has 7 heteroatoms. The summed E-state index contributed by atoms with van der Waals surface area (Å²) in [6, 6.07) is 0. The molecule has 1 aliphatic heterocycles. The Labute approximate surface area is 96.6 Å². The summed E-state index contributed by atoms with van der Waals surface area (Å²) in [7, 11) is 1.66. The van der Waals surface area contributed by atoms with Gasteiger partial charge in [0.15, 0.2) is 16.8 Å². The van der Waals surface area contributed by atoms with Gasteiger partial charge in [-0.1, -0.05) is 11.6 Å². The van der Waals surface area contributed by atoms with Crippen LogP contribution in [0, 0.1) is 0 Å². The molecule has 1 aliphatic rings. The molecule has 0 atom stereocenters. The second-order valence-electron chi connectivity index (χ2n) is 3.31. The number of Topliss-reactive ketones (excluding diaryl/α,β-unsaturated/α-hetero) is 1. The third-order valence-corrected chi connectivity index (χ3v) is 2.54. The standard InChI is InChI=1S/C9H9ClN4O2/c1-11-9-7(8(10)12-4-13-9)14-3-5(15)2-6(14)16/h4H,2-3H2,1H3,(H,11,12,13). The lowest BCUT2D eigenvalue weighted by molar-refractivity contribution is -0.121. The van der Waals surface area contributed by atoms with Gasteiger partial charge in [-0.3, -0.25) is 14.5 Å². The molecule has 84 valence electrons. The quantitative estimate of drug-likeness (QED) is 0.601. The van der Waals surface area contributed by atoms with Crippen molar-refractivity contribution in [2.75, 3.05) is 23.8 Å². The van der Waals surface area contributed by atoms with Gasteiger partial charge in [0.05, 0.1) is 13.0 Å². The van der Waals surface area contributed by atoms with Crippen LogP contribution >= 0.6 is 11.6 Å². The topological polar surface area (TPSA) is 75.2 Å². The highest BCUT2D eigenvalue weighted by Gasteiger charge is 2.32. The number of hydrogen-bond donors (Lipinski definition) is 1. The minimum Gasteiger partial charge on any atom is -0.371 e. The first kappa shape index (κ1) is 10.8. The van der Waals surface area contributed by atoms with E-state index in [2.05, 4.69) is 15.3 Å². The van der Waals surface area contributed by atoms with Crippen molar-refractivity contribution < 1.29 is 9.59 Å². The lowest BCUT2D eigenvalue weighted by Crippen LogP contribution is -2.26. The van der Waals surface area contributed by atoms with E-state index >= 15 is 0 Å². The Morgan fingerprint density at radius 2 is 2.19 bits per heavy atom. The van der Waals surface area contributed by atoms with Crippen molar-refractivity contribution in [2.45, 2.75) is 6.42 Å². The number of amides is 1. The van der Waals surface area contributed by atoms with Crippen LogP contribution in [0.1, 0.15) is 6.42 Å². The molecule has 1 fully saturated rings. The smallest absolute Gasteiger partial charge is 0.235 e. The average Bonchev–Trinajstić information content (AvgIpc) is 2.57. The number of anilines is 2. The molecule has 0 radical (unpaired) electrons. The molecule has 2 heterocycles. The first-order valence-electron chi connectivity index (χ1n) is 4.63. The largest absolute Gasteiger partial charge is 0.371 e. The minimum absolute atomic E-state index is 0.0284. The molecule has 0 aromatic carbocycles. The van der Waals surface area contributed by atoms with Gasteiger partial charge in [0.1, 0.15) is 12.0 Å². The van der Waals surface area contributed by atoms with Gasteiger partial charge in [-0.05, 0) is 0 Å². The third kappa shape index (κ3) is 1.71. The van der Waals surface area contributed by atoms with Crippen LogP contribution in [-0.2, 0) is 9.59 Å². The molecule has 6 nitrogen and oxygen atoms in total. The number of rotatable bonds is 2. The highest BCUT2D eigenvalue weighted by Crippen LogP contribution is 2.32. The summed E-state index contributed by atoms with van der Waals surface area (Å²) in [6.45, 7) is 0.0284. The molecule has 0 aliphatic carbocycles. The molecule has 0 unspecified atom stereocenters. The summed E-state index contributed by atoms with van der Waals surface area (Å²) >= 11 is 5.90. The molecule has 16 heavy (non-hydrogen) atoms. The zero-order chi connectivity index (χ0) is 11.7. The van der Waals surface area contributed by atoms with Crippen molar-refractivity contribution >= 4 is 34.8 Å². The Morgan fingerprint density at radius 3 is 2.75 bits per heavy atom. The first-order chi connectivity index (χ1) is 7.63. The number of carbonyl (C=O) groups excluding carboxylic acids is 2. The van der Waals surface area contributed by atoms with Crippen LogP contribution in [0.5, 0.6) is 0 Å². The van der Waals surface area contributed by atoms with Crippen LogP contribution in [-0.4, -0.2) is 35.3 Å². The SMILES string of the molecule is CNc1ncnc(Cl)c1N1CC(=O)CC1=O. The average molecular weight is 241 g/mol. The molecular formula is C9H9ClN4O2. The van der Waals surface area contributed by atoms with Crippen LogP contribution in [0.4, 0.5) is 11.5 Å². The lowest BCUT2D eigenvalue weighted by Gasteiger charge is -2.18. The van der Waals surface area contributed by atoms with Crippen molar-refractivity contribution in [3.63, 3.8) is 0 Å². The van der Waals surface area contributed by atoms with Crippen LogP contribution in [0.25, 0.3) is 0 Å². The van der Waals surface area contributed by atoms with E-state index in [0.717, 1.165) is 0 Å². The molecule has 2 rings (SSSR count). The first-order valence-corrected chi connectivity index (χ1v) is 5.01. The molecule has 1 aromatic rings. The van der Waals surface area contributed by atoms with Gasteiger partial charge in [-0.25, -0.2) is 9.97 Å². The van der Waals surface area contributed by atoms with E-state index < -0.39 is 0 Å². The predicted molar refractivity (Wildman–Crippen MR) is 58.6 cm³/mol. The van der Waals surface area contributed by atoms with E-state index in [4.69, 9.17) is 11.6 Å². The zero-order valence-electron chi connectivity index (χ0n) is 8.53. The normalized spacial score (nSPS) is 15.8. The monoisotopic (exact) mass is 240 g/mol. The molecule has 0 bridgehead atoms. The van der Waals surface area contributed by atoms with Gasteiger partial charge in [-0.15, -0.1) is 0 Å². The maximum atomic E-state index is 11.6. The van der Waals surface area contributed by atoms with E-state index in [-0.39, 0.29) is 29.8 Å². The summed E-state index contributed by atoms with van der Waals surface area (Å²) < 4.78 is 0. The summed E-state index contributed by atoms with van der Waals surface area (Å²) in [4.78, 5) is 31.8. The Kier molecular flexibility index (Phi) is 2.74. The lowest BCUT2D eigenvalue weighted by atomic mass is 10.3.